The Labute approximate surface area is 113 Å². The van der Waals surface area contributed by atoms with Crippen molar-refractivity contribution in [3.8, 4) is 0 Å². The van der Waals surface area contributed by atoms with Crippen molar-refractivity contribution in [3.63, 3.8) is 0 Å². The van der Waals surface area contributed by atoms with Crippen molar-refractivity contribution in [3.05, 3.63) is 35.6 Å². The Morgan fingerprint density at radius 1 is 1.53 bits per heavy atom. The van der Waals surface area contributed by atoms with Gasteiger partial charge in [0.1, 0.15) is 5.82 Å². The van der Waals surface area contributed by atoms with Gasteiger partial charge in [-0.2, -0.15) is 0 Å². The average molecular weight is 265 g/mol. The summed E-state index contributed by atoms with van der Waals surface area (Å²) in [6, 6.07) is 6.87. The first-order chi connectivity index (χ1) is 9.02. The molecular weight excluding hydrogens is 245 g/mol. The number of carboxylic acids is 1. The summed E-state index contributed by atoms with van der Waals surface area (Å²) in [4.78, 5) is 13.2. The molecule has 1 N–H and O–H groups in total. The maximum Gasteiger partial charge on any atom is 0.306 e. The van der Waals surface area contributed by atoms with Crippen molar-refractivity contribution < 1.29 is 14.3 Å². The van der Waals surface area contributed by atoms with Crippen LogP contribution in [0.5, 0.6) is 0 Å². The normalized spacial score (nSPS) is 19.7. The highest BCUT2D eigenvalue weighted by Gasteiger charge is 2.37. The zero-order valence-corrected chi connectivity index (χ0v) is 11.3. The second-order valence-corrected chi connectivity index (χ2v) is 5.32. The quantitative estimate of drug-likeness (QED) is 0.890. The van der Waals surface area contributed by atoms with Crippen LogP contribution in [0, 0.1) is 17.7 Å². The Bertz CT molecular complexity index is 457. The highest BCUT2D eigenvalue weighted by atomic mass is 19.1. The van der Waals surface area contributed by atoms with Gasteiger partial charge in [0.2, 0.25) is 0 Å². The van der Waals surface area contributed by atoms with Crippen molar-refractivity contribution in [2.45, 2.75) is 26.3 Å². The van der Waals surface area contributed by atoms with Gasteiger partial charge in [-0.1, -0.05) is 26.0 Å². The molecule has 0 aromatic heterocycles. The molecule has 0 amide bonds. The van der Waals surface area contributed by atoms with Crippen molar-refractivity contribution in [2.24, 2.45) is 11.8 Å². The molecule has 19 heavy (non-hydrogen) atoms. The lowest BCUT2D eigenvalue weighted by Gasteiger charge is -2.46. The fraction of sp³-hybridized carbons (Fsp3) is 0.533. The summed E-state index contributed by atoms with van der Waals surface area (Å²) in [5, 5.41) is 8.98. The summed E-state index contributed by atoms with van der Waals surface area (Å²) in [7, 11) is 0. The molecule has 104 valence electrons. The number of nitrogens with zero attached hydrogens (tertiary/aromatic N) is 1. The van der Waals surface area contributed by atoms with Crippen LogP contribution in [0.15, 0.2) is 24.3 Å². The predicted octanol–water partition coefficient (Wildman–Crippen LogP) is 2.93. The Morgan fingerprint density at radius 3 is 2.74 bits per heavy atom. The van der Waals surface area contributed by atoms with Gasteiger partial charge in [0.25, 0.3) is 0 Å². The van der Waals surface area contributed by atoms with Crippen molar-refractivity contribution >= 4 is 5.97 Å². The highest BCUT2D eigenvalue weighted by molar-refractivity contribution is 5.70. The fourth-order valence-corrected chi connectivity index (χ4v) is 2.74. The van der Waals surface area contributed by atoms with Crippen LogP contribution < -0.4 is 0 Å². The molecule has 2 unspecified atom stereocenters. The molecule has 0 spiro atoms. The van der Waals surface area contributed by atoms with E-state index < -0.39 is 5.97 Å². The third-order valence-electron chi connectivity index (χ3n) is 4.10. The Kier molecular flexibility index (Phi) is 4.20. The molecule has 4 heteroatoms. The molecule has 0 radical (unpaired) electrons. The molecule has 1 aromatic carbocycles. The number of likely N-dealkylation sites (tertiary alicyclic amines) is 1. The number of carbonyl (C=O) groups is 1. The smallest absolute Gasteiger partial charge is 0.306 e. The number of aliphatic carboxylic acids is 1. The zero-order valence-electron chi connectivity index (χ0n) is 11.3. The van der Waals surface area contributed by atoms with Crippen LogP contribution in [0.1, 0.15) is 31.9 Å². The van der Waals surface area contributed by atoms with Gasteiger partial charge in [-0.25, -0.2) is 4.39 Å². The number of benzene rings is 1. The first kappa shape index (κ1) is 14.0. The molecule has 3 nitrogen and oxygen atoms in total. The van der Waals surface area contributed by atoms with E-state index in [2.05, 4.69) is 11.8 Å². The van der Waals surface area contributed by atoms with Crippen LogP contribution in [-0.4, -0.2) is 29.1 Å². The van der Waals surface area contributed by atoms with Gasteiger partial charge in [0.15, 0.2) is 0 Å². The molecule has 0 aliphatic carbocycles. The second kappa shape index (κ2) is 5.70. The van der Waals surface area contributed by atoms with Crippen molar-refractivity contribution in [2.75, 3.05) is 13.1 Å². The molecule has 1 aromatic rings. The van der Waals surface area contributed by atoms with E-state index >= 15 is 0 Å². The minimum Gasteiger partial charge on any atom is -0.481 e. The molecule has 1 aliphatic rings. The van der Waals surface area contributed by atoms with Crippen LogP contribution in [0.25, 0.3) is 0 Å². The third-order valence-corrected chi connectivity index (χ3v) is 4.10. The van der Waals surface area contributed by atoms with Gasteiger partial charge < -0.3 is 5.11 Å². The van der Waals surface area contributed by atoms with E-state index in [1.54, 1.807) is 19.1 Å². The highest BCUT2D eigenvalue weighted by Crippen LogP contribution is 2.34. The Balaban J connectivity index is 2.00. The lowest BCUT2D eigenvalue weighted by molar-refractivity contribution is -0.146. The van der Waals surface area contributed by atoms with Crippen molar-refractivity contribution in [1.29, 1.82) is 0 Å². The van der Waals surface area contributed by atoms with Gasteiger partial charge in [0.05, 0.1) is 5.92 Å². The molecule has 1 saturated heterocycles. The molecule has 1 aliphatic heterocycles. The summed E-state index contributed by atoms with van der Waals surface area (Å²) in [6.45, 7) is 5.39. The number of rotatable bonds is 5. The fourth-order valence-electron chi connectivity index (χ4n) is 2.74. The SMILES string of the molecule is CCC(c1cccc(F)c1)N1CC(C(C)C(=O)O)C1. The zero-order chi connectivity index (χ0) is 14.0. The van der Waals surface area contributed by atoms with Crippen LogP contribution in [0.4, 0.5) is 4.39 Å². The van der Waals surface area contributed by atoms with Crippen molar-refractivity contribution in [1.82, 2.24) is 4.90 Å². The monoisotopic (exact) mass is 265 g/mol. The Morgan fingerprint density at radius 2 is 2.21 bits per heavy atom. The number of halogens is 1. The second-order valence-electron chi connectivity index (χ2n) is 5.32. The minimum absolute atomic E-state index is 0.188. The van der Waals surface area contributed by atoms with E-state index in [1.807, 2.05) is 6.07 Å². The maximum atomic E-state index is 13.3. The summed E-state index contributed by atoms with van der Waals surface area (Å²) < 4.78 is 13.3. The minimum atomic E-state index is -0.733. The lowest BCUT2D eigenvalue weighted by Crippen LogP contribution is -2.52. The van der Waals surface area contributed by atoms with E-state index in [4.69, 9.17) is 5.11 Å². The van der Waals surface area contributed by atoms with Gasteiger partial charge in [-0.05, 0) is 30.0 Å². The molecular formula is C15H20FNO2. The molecule has 1 fully saturated rings. The third kappa shape index (κ3) is 2.95. The molecule has 2 rings (SSSR count). The largest absolute Gasteiger partial charge is 0.481 e. The molecule has 0 saturated carbocycles. The number of carboxylic acid groups (broad SMARTS) is 1. The lowest BCUT2D eigenvalue weighted by atomic mass is 9.84. The predicted molar refractivity (Wildman–Crippen MR) is 71.3 cm³/mol. The first-order valence-electron chi connectivity index (χ1n) is 6.75. The van der Waals surface area contributed by atoms with Gasteiger partial charge >= 0.3 is 5.97 Å². The number of hydrogen-bond acceptors (Lipinski definition) is 2. The standard InChI is InChI=1S/C15H20FNO2/c1-3-14(11-5-4-6-13(16)7-11)17-8-12(9-17)10(2)15(18)19/h4-7,10,12,14H,3,8-9H2,1-2H3,(H,18,19). The molecule has 0 bridgehead atoms. The number of hydrogen-bond donors (Lipinski definition) is 1. The summed E-state index contributed by atoms with van der Waals surface area (Å²) in [6.07, 6.45) is 0.900. The summed E-state index contributed by atoms with van der Waals surface area (Å²) in [5.41, 5.74) is 0.976. The van der Waals surface area contributed by atoms with Crippen LogP contribution >= 0.6 is 0 Å². The first-order valence-corrected chi connectivity index (χ1v) is 6.75. The summed E-state index contributed by atoms with van der Waals surface area (Å²) >= 11 is 0. The average Bonchev–Trinajstić information content (AvgIpc) is 2.32. The molecule has 1 heterocycles. The topological polar surface area (TPSA) is 40.5 Å². The van der Waals surface area contributed by atoms with Gasteiger partial charge in [0, 0.05) is 19.1 Å². The van der Waals surface area contributed by atoms with E-state index in [9.17, 15) is 9.18 Å². The van der Waals surface area contributed by atoms with Crippen LogP contribution in [-0.2, 0) is 4.79 Å². The van der Waals surface area contributed by atoms with E-state index in [0.29, 0.717) is 0 Å². The summed E-state index contributed by atoms with van der Waals surface area (Å²) in [5.74, 6) is -1.04. The maximum absolute atomic E-state index is 13.3. The van der Waals surface area contributed by atoms with E-state index in [1.165, 1.54) is 6.07 Å². The van der Waals surface area contributed by atoms with Gasteiger partial charge in [-0.3, -0.25) is 9.69 Å². The van der Waals surface area contributed by atoms with Crippen LogP contribution in [0.2, 0.25) is 0 Å². The van der Waals surface area contributed by atoms with E-state index in [0.717, 1.165) is 25.1 Å². The molecule has 2 atom stereocenters. The Hall–Kier alpha value is -1.42. The van der Waals surface area contributed by atoms with E-state index in [-0.39, 0.29) is 23.7 Å². The van der Waals surface area contributed by atoms with Crippen LogP contribution in [0.3, 0.4) is 0 Å². The van der Waals surface area contributed by atoms with Gasteiger partial charge in [-0.15, -0.1) is 0 Å².